The van der Waals surface area contributed by atoms with E-state index in [-0.39, 0.29) is 36.1 Å². The van der Waals surface area contributed by atoms with Crippen molar-refractivity contribution in [2.75, 3.05) is 44.8 Å². The molecule has 3 rings (SSSR count). The minimum absolute atomic E-state index is 0. The van der Waals surface area contributed by atoms with E-state index in [1.807, 2.05) is 18.0 Å². The monoisotopic (exact) mass is 569 g/mol. The van der Waals surface area contributed by atoms with Gasteiger partial charge in [0.05, 0.1) is 23.8 Å². The Balaban J connectivity index is 0.00000341. The molecule has 0 radical (unpaired) electrons. The van der Waals surface area contributed by atoms with Crippen LogP contribution in [0.4, 0.5) is 18.9 Å². The van der Waals surface area contributed by atoms with Crippen LogP contribution in [0, 0.1) is 6.92 Å². The summed E-state index contributed by atoms with van der Waals surface area (Å²) in [6.07, 6.45) is -1.88. The molecule has 6 nitrogen and oxygen atoms in total. The second-order valence-electron chi connectivity index (χ2n) is 6.91. The number of rotatable bonds is 6. The first-order chi connectivity index (χ1) is 14.4. The van der Waals surface area contributed by atoms with Crippen molar-refractivity contribution in [2.24, 2.45) is 4.99 Å². The van der Waals surface area contributed by atoms with E-state index in [4.69, 9.17) is 4.74 Å². The van der Waals surface area contributed by atoms with Gasteiger partial charge >= 0.3 is 6.18 Å². The number of benzene rings is 1. The van der Waals surface area contributed by atoms with Gasteiger partial charge in [-0.05, 0) is 24.6 Å². The van der Waals surface area contributed by atoms with Gasteiger partial charge in [-0.1, -0.05) is 6.07 Å². The van der Waals surface area contributed by atoms with Crippen LogP contribution in [0.2, 0.25) is 0 Å². The number of aryl methyl sites for hydroxylation is 1. The van der Waals surface area contributed by atoms with E-state index in [0.717, 1.165) is 16.3 Å². The molecule has 1 aromatic heterocycles. The van der Waals surface area contributed by atoms with Crippen LogP contribution >= 0.6 is 35.3 Å². The fraction of sp³-hybridized carbons (Fsp3) is 0.500. The normalized spacial score (nSPS) is 14.9. The molecule has 31 heavy (non-hydrogen) atoms. The lowest BCUT2D eigenvalue weighted by Crippen LogP contribution is -2.38. The predicted molar refractivity (Wildman–Crippen MR) is 129 cm³/mol. The zero-order valence-corrected chi connectivity index (χ0v) is 20.6. The van der Waals surface area contributed by atoms with E-state index in [1.54, 1.807) is 24.5 Å². The molecule has 0 aliphatic carbocycles. The number of aromatic nitrogens is 1. The summed E-state index contributed by atoms with van der Waals surface area (Å²) < 4.78 is 46.3. The van der Waals surface area contributed by atoms with Crippen LogP contribution in [0.25, 0.3) is 0 Å². The maximum absolute atomic E-state index is 13.7. The molecule has 1 aliphatic heterocycles. The summed E-state index contributed by atoms with van der Waals surface area (Å²) in [6.45, 7) is 4.83. The van der Waals surface area contributed by atoms with Gasteiger partial charge in [0.1, 0.15) is 0 Å². The number of aliphatic imine (C=N–C) groups is 1. The van der Waals surface area contributed by atoms with Crippen molar-refractivity contribution in [3.8, 4) is 0 Å². The summed E-state index contributed by atoms with van der Waals surface area (Å²) in [5, 5.41) is 7.11. The van der Waals surface area contributed by atoms with E-state index < -0.39 is 11.7 Å². The van der Waals surface area contributed by atoms with Crippen LogP contribution < -0.4 is 15.5 Å². The Labute approximate surface area is 201 Å². The SMILES string of the molecule is CN=C(NCCc1ncc(C)s1)NCc1ccc(N2CCOCC2)cc1C(F)(F)F.I. The van der Waals surface area contributed by atoms with Crippen LogP contribution in [-0.2, 0) is 23.9 Å². The Morgan fingerprint density at radius 2 is 2.00 bits per heavy atom. The van der Waals surface area contributed by atoms with Gasteiger partial charge in [0.15, 0.2) is 5.96 Å². The van der Waals surface area contributed by atoms with Crippen molar-refractivity contribution in [1.29, 1.82) is 0 Å². The number of guanidine groups is 1. The third kappa shape index (κ3) is 7.49. The Morgan fingerprint density at radius 3 is 2.61 bits per heavy atom. The molecule has 11 heteroatoms. The molecule has 0 bridgehead atoms. The number of hydrogen-bond acceptors (Lipinski definition) is 5. The van der Waals surface area contributed by atoms with Gasteiger partial charge < -0.3 is 20.3 Å². The van der Waals surface area contributed by atoms with Crippen molar-refractivity contribution in [2.45, 2.75) is 26.1 Å². The van der Waals surface area contributed by atoms with E-state index in [0.29, 0.717) is 44.5 Å². The largest absolute Gasteiger partial charge is 0.416 e. The summed E-state index contributed by atoms with van der Waals surface area (Å²) in [5.41, 5.74) is 0.112. The number of hydrogen-bond donors (Lipinski definition) is 2. The molecule has 0 unspecified atom stereocenters. The standard InChI is InChI=1S/C20H26F3N5OS.HI/c1-14-12-26-18(30-14)5-6-25-19(24-2)27-13-15-3-4-16(11-17(15)20(21,22)23)28-7-9-29-10-8-28;/h3-4,11-12H,5-10,13H2,1-2H3,(H2,24,25,27);1H. The molecule has 2 N–H and O–H groups in total. The fourth-order valence-electron chi connectivity index (χ4n) is 3.21. The zero-order chi connectivity index (χ0) is 21.6. The van der Waals surface area contributed by atoms with Gasteiger partial charge in [-0.2, -0.15) is 13.2 Å². The molecule has 0 atom stereocenters. The minimum atomic E-state index is -4.43. The maximum atomic E-state index is 13.7. The molecule has 1 aromatic carbocycles. The number of nitrogens with one attached hydrogen (secondary N) is 2. The molecule has 2 heterocycles. The van der Waals surface area contributed by atoms with Gasteiger partial charge in [-0.25, -0.2) is 4.98 Å². The molecule has 0 spiro atoms. The topological polar surface area (TPSA) is 61.8 Å². The van der Waals surface area contributed by atoms with E-state index in [2.05, 4.69) is 20.6 Å². The average Bonchev–Trinajstić information content (AvgIpc) is 3.15. The molecular weight excluding hydrogens is 542 g/mol. The lowest BCUT2D eigenvalue weighted by Gasteiger charge is -2.29. The Morgan fingerprint density at radius 1 is 1.26 bits per heavy atom. The van der Waals surface area contributed by atoms with E-state index >= 15 is 0 Å². The lowest BCUT2D eigenvalue weighted by molar-refractivity contribution is -0.138. The predicted octanol–water partition coefficient (Wildman–Crippen LogP) is 3.83. The highest BCUT2D eigenvalue weighted by Gasteiger charge is 2.34. The highest BCUT2D eigenvalue weighted by atomic mass is 127. The first kappa shape index (κ1) is 25.7. The zero-order valence-electron chi connectivity index (χ0n) is 17.5. The highest BCUT2D eigenvalue weighted by molar-refractivity contribution is 14.0. The molecule has 1 saturated heterocycles. The first-order valence-electron chi connectivity index (χ1n) is 9.75. The number of anilines is 1. The summed E-state index contributed by atoms with van der Waals surface area (Å²) in [5.74, 6) is 0.452. The fourth-order valence-corrected chi connectivity index (χ4v) is 3.99. The first-order valence-corrected chi connectivity index (χ1v) is 10.6. The van der Waals surface area contributed by atoms with Crippen molar-refractivity contribution < 1.29 is 17.9 Å². The smallest absolute Gasteiger partial charge is 0.378 e. The molecule has 2 aromatic rings. The minimum Gasteiger partial charge on any atom is -0.378 e. The second-order valence-corrected chi connectivity index (χ2v) is 8.23. The van der Waals surface area contributed by atoms with Crippen LogP contribution in [0.5, 0.6) is 0 Å². The number of morpholine rings is 1. The third-order valence-electron chi connectivity index (χ3n) is 4.75. The van der Waals surface area contributed by atoms with Gasteiger partial charge in [0.2, 0.25) is 0 Å². The van der Waals surface area contributed by atoms with Gasteiger partial charge in [0.25, 0.3) is 0 Å². The number of nitrogens with zero attached hydrogens (tertiary/aromatic N) is 3. The summed E-state index contributed by atoms with van der Waals surface area (Å²) in [7, 11) is 1.59. The quantitative estimate of drug-likeness (QED) is 0.315. The van der Waals surface area contributed by atoms with Crippen LogP contribution in [0.1, 0.15) is 21.0 Å². The molecule has 1 aliphatic rings. The number of alkyl halides is 3. The molecule has 1 fully saturated rings. The Kier molecular flexibility index (Phi) is 9.82. The van der Waals surface area contributed by atoms with Crippen LogP contribution in [-0.4, -0.2) is 50.8 Å². The highest BCUT2D eigenvalue weighted by Crippen LogP contribution is 2.35. The molecule has 172 valence electrons. The second kappa shape index (κ2) is 11.9. The number of ether oxygens (including phenoxy) is 1. The van der Waals surface area contributed by atoms with E-state index in [9.17, 15) is 13.2 Å². The Hall–Kier alpha value is -1.60. The number of halogens is 4. The van der Waals surface area contributed by atoms with Crippen molar-refractivity contribution in [1.82, 2.24) is 15.6 Å². The molecular formula is C20H27F3IN5OS. The van der Waals surface area contributed by atoms with Crippen LogP contribution in [0.3, 0.4) is 0 Å². The summed E-state index contributed by atoms with van der Waals surface area (Å²) in [6, 6.07) is 4.49. The van der Waals surface area contributed by atoms with Gasteiger partial charge in [-0.15, -0.1) is 35.3 Å². The third-order valence-corrected chi connectivity index (χ3v) is 5.72. The maximum Gasteiger partial charge on any atom is 0.416 e. The summed E-state index contributed by atoms with van der Waals surface area (Å²) >= 11 is 1.63. The van der Waals surface area contributed by atoms with Gasteiger partial charge in [0, 0.05) is 56.4 Å². The molecule has 0 amide bonds. The Bertz CT molecular complexity index is 869. The lowest BCUT2D eigenvalue weighted by atomic mass is 10.0. The number of thiazole rings is 1. The van der Waals surface area contributed by atoms with Crippen molar-refractivity contribution in [3.63, 3.8) is 0 Å². The molecule has 0 saturated carbocycles. The van der Waals surface area contributed by atoms with Crippen LogP contribution in [0.15, 0.2) is 29.4 Å². The average molecular weight is 569 g/mol. The van der Waals surface area contributed by atoms with E-state index in [1.165, 1.54) is 12.1 Å². The summed E-state index contributed by atoms with van der Waals surface area (Å²) in [4.78, 5) is 11.5. The van der Waals surface area contributed by atoms with Crippen molar-refractivity contribution in [3.05, 3.63) is 45.4 Å². The van der Waals surface area contributed by atoms with Crippen molar-refractivity contribution >= 4 is 47.0 Å². The van der Waals surface area contributed by atoms with Gasteiger partial charge in [-0.3, -0.25) is 4.99 Å².